The first kappa shape index (κ1) is 23.1. The number of piperidine rings is 1. The first-order chi connectivity index (χ1) is 14.1. The van der Waals surface area contributed by atoms with E-state index in [1.54, 1.807) is 12.1 Å². The molecule has 1 fully saturated rings. The molecule has 3 N–H and O–H groups in total. The number of hydrogen-bond acceptors (Lipinski definition) is 3. The van der Waals surface area contributed by atoms with Crippen LogP contribution in [0.3, 0.4) is 0 Å². The van der Waals surface area contributed by atoms with Gasteiger partial charge in [0.25, 0.3) is 0 Å². The molecule has 29 heavy (non-hydrogen) atoms. The van der Waals surface area contributed by atoms with Crippen LogP contribution < -0.4 is 16.0 Å². The fourth-order valence-electron chi connectivity index (χ4n) is 3.57. The Kier molecular flexibility index (Phi) is 10.5. The number of likely N-dealkylation sites (tertiary alicyclic amines) is 1. The van der Waals surface area contributed by atoms with E-state index >= 15 is 0 Å². The number of carbonyl (C=O) groups is 1. The summed E-state index contributed by atoms with van der Waals surface area (Å²) in [6.07, 6.45) is 5.19. The molecule has 1 aromatic rings. The molecule has 6 nitrogen and oxygen atoms in total. The van der Waals surface area contributed by atoms with Crippen molar-refractivity contribution in [2.24, 2.45) is 4.99 Å². The zero-order valence-electron chi connectivity index (χ0n) is 17.8. The molecule has 1 aromatic carbocycles. The normalized spacial score (nSPS) is 17.8. The van der Waals surface area contributed by atoms with E-state index in [0.717, 1.165) is 32.0 Å². The Hall–Kier alpha value is -2.15. The highest BCUT2D eigenvalue weighted by molar-refractivity contribution is 5.80. The molecule has 1 amide bonds. The Morgan fingerprint density at radius 2 is 2.07 bits per heavy atom. The minimum absolute atomic E-state index is 0.116. The van der Waals surface area contributed by atoms with E-state index in [1.165, 1.54) is 37.9 Å². The minimum Gasteiger partial charge on any atom is -0.357 e. The Labute approximate surface area is 174 Å². The molecule has 0 saturated carbocycles. The number of benzene rings is 1. The zero-order chi connectivity index (χ0) is 20.9. The fraction of sp³-hybridized carbons (Fsp3) is 0.636. The highest BCUT2D eigenvalue weighted by Crippen LogP contribution is 2.16. The van der Waals surface area contributed by atoms with Crippen LogP contribution in [0.15, 0.2) is 29.3 Å². The molecular formula is C22H36FN5O. The topological polar surface area (TPSA) is 68.8 Å². The average molecular weight is 406 g/mol. The fourth-order valence-corrected chi connectivity index (χ4v) is 3.57. The Balaban J connectivity index is 1.63. The van der Waals surface area contributed by atoms with Crippen LogP contribution in [0.25, 0.3) is 0 Å². The van der Waals surface area contributed by atoms with Crippen LogP contribution in [-0.4, -0.2) is 62.1 Å². The lowest BCUT2D eigenvalue weighted by molar-refractivity contribution is -0.120. The van der Waals surface area contributed by atoms with Crippen molar-refractivity contribution >= 4 is 11.9 Å². The molecule has 1 unspecified atom stereocenters. The predicted octanol–water partition coefficient (Wildman–Crippen LogP) is 2.30. The van der Waals surface area contributed by atoms with E-state index in [0.29, 0.717) is 24.7 Å². The molecule has 1 saturated heterocycles. The van der Waals surface area contributed by atoms with Crippen molar-refractivity contribution in [1.82, 2.24) is 20.9 Å². The summed E-state index contributed by atoms with van der Waals surface area (Å²) in [5.41, 5.74) is 0.674. The number of nitrogens with one attached hydrogen (secondary N) is 3. The lowest BCUT2D eigenvalue weighted by Crippen LogP contribution is -2.42. The van der Waals surface area contributed by atoms with Crippen LogP contribution in [0.2, 0.25) is 0 Å². The largest absolute Gasteiger partial charge is 0.357 e. The molecule has 0 bridgehead atoms. The molecule has 1 heterocycles. The number of amides is 1. The molecule has 1 atom stereocenters. The first-order valence-electron chi connectivity index (χ1n) is 10.9. The maximum Gasteiger partial charge on any atom is 0.224 e. The summed E-state index contributed by atoms with van der Waals surface area (Å²) >= 11 is 0. The van der Waals surface area contributed by atoms with E-state index in [1.807, 2.05) is 6.92 Å². The standard InChI is InChI=1S/C22H36FN5O/c1-3-24-22(26-11-7-15-28-14-5-4-8-18(28)2)27-13-12-25-21(29)17-19-9-6-10-20(23)16-19/h6,9-10,16,18H,3-5,7-8,11-15,17H2,1-2H3,(H,25,29)(H2,24,26,27). The van der Waals surface area contributed by atoms with E-state index in [4.69, 9.17) is 0 Å². The van der Waals surface area contributed by atoms with Crippen LogP contribution in [0.1, 0.15) is 45.1 Å². The molecule has 7 heteroatoms. The third kappa shape index (κ3) is 9.26. The molecule has 0 radical (unpaired) electrons. The second-order valence-electron chi connectivity index (χ2n) is 7.58. The van der Waals surface area contributed by atoms with Crippen LogP contribution in [0.4, 0.5) is 4.39 Å². The van der Waals surface area contributed by atoms with Crippen molar-refractivity contribution in [2.75, 3.05) is 39.3 Å². The third-order valence-corrected chi connectivity index (χ3v) is 5.15. The van der Waals surface area contributed by atoms with Gasteiger partial charge in [0.15, 0.2) is 5.96 Å². The highest BCUT2D eigenvalue weighted by atomic mass is 19.1. The Bertz CT molecular complexity index is 652. The monoisotopic (exact) mass is 405 g/mol. The molecule has 1 aliphatic heterocycles. The van der Waals surface area contributed by atoms with Gasteiger partial charge in [0, 0.05) is 38.8 Å². The summed E-state index contributed by atoms with van der Waals surface area (Å²) in [5.74, 6) is 0.340. The van der Waals surface area contributed by atoms with Crippen LogP contribution in [0.5, 0.6) is 0 Å². The van der Waals surface area contributed by atoms with Crippen LogP contribution in [0, 0.1) is 5.82 Å². The van der Waals surface area contributed by atoms with Gasteiger partial charge in [-0.05, 0) is 57.4 Å². The van der Waals surface area contributed by atoms with Gasteiger partial charge in [0.2, 0.25) is 5.91 Å². The van der Waals surface area contributed by atoms with Crippen molar-refractivity contribution < 1.29 is 9.18 Å². The second-order valence-corrected chi connectivity index (χ2v) is 7.58. The van der Waals surface area contributed by atoms with Gasteiger partial charge in [-0.15, -0.1) is 0 Å². The number of carbonyl (C=O) groups excluding carboxylic acids is 1. The molecule has 0 aromatic heterocycles. The smallest absolute Gasteiger partial charge is 0.224 e. The van der Waals surface area contributed by atoms with Crippen molar-refractivity contribution in [2.45, 2.75) is 52.0 Å². The number of nitrogens with zero attached hydrogens (tertiary/aromatic N) is 2. The van der Waals surface area contributed by atoms with E-state index < -0.39 is 0 Å². The first-order valence-corrected chi connectivity index (χ1v) is 10.9. The minimum atomic E-state index is -0.321. The molecule has 0 spiro atoms. The van der Waals surface area contributed by atoms with Gasteiger partial charge >= 0.3 is 0 Å². The average Bonchev–Trinajstić information content (AvgIpc) is 2.69. The number of hydrogen-bond donors (Lipinski definition) is 3. The Morgan fingerprint density at radius 3 is 2.83 bits per heavy atom. The number of rotatable bonds is 10. The maximum atomic E-state index is 13.2. The summed E-state index contributed by atoms with van der Waals surface area (Å²) in [5, 5.41) is 9.33. The number of aliphatic imine (C=N–C) groups is 1. The van der Waals surface area contributed by atoms with Gasteiger partial charge < -0.3 is 20.9 Å². The highest BCUT2D eigenvalue weighted by Gasteiger charge is 2.16. The predicted molar refractivity (Wildman–Crippen MR) is 117 cm³/mol. The van der Waals surface area contributed by atoms with Crippen LogP contribution >= 0.6 is 0 Å². The van der Waals surface area contributed by atoms with Gasteiger partial charge in [-0.1, -0.05) is 18.6 Å². The molecule has 2 rings (SSSR count). The van der Waals surface area contributed by atoms with Gasteiger partial charge in [0.05, 0.1) is 6.42 Å². The quantitative estimate of drug-likeness (QED) is 0.317. The van der Waals surface area contributed by atoms with Crippen molar-refractivity contribution in [1.29, 1.82) is 0 Å². The van der Waals surface area contributed by atoms with Crippen molar-refractivity contribution in [3.05, 3.63) is 35.6 Å². The lowest BCUT2D eigenvalue weighted by Gasteiger charge is -2.33. The summed E-state index contributed by atoms with van der Waals surface area (Å²) < 4.78 is 13.2. The maximum absolute atomic E-state index is 13.2. The zero-order valence-corrected chi connectivity index (χ0v) is 17.8. The van der Waals surface area contributed by atoms with Crippen LogP contribution in [-0.2, 0) is 11.2 Å². The van der Waals surface area contributed by atoms with Gasteiger partial charge in [-0.2, -0.15) is 0 Å². The summed E-state index contributed by atoms with van der Waals surface area (Å²) in [7, 11) is 0. The van der Waals surface area contributed by atoms with E-state index in [2.05, 4.69) is 32.8 Å². The Morgan fingerprint density at radius 1 is 1.24 bits per heavy atom. The molecule has 0 aliphatic carbocycles. The van der Waals surface area contributed by atoms with Crippen molar-refractivity contribution in [3.63, 3.8) is 0 Å². The lowest BCUT2D eigenvalue weighted by atomic mass is 10.0. The summed E-state index contributed by atoms with van der Waals surface area (Å²) in [6, 6.07) is 6.82. The van der Waals surface area contributed by atoms with Gasteiger partial charge in [0.1, 0.15) is 5.82 Å². The number of halogens is 1. The summed E-state index contributed by atoms with van der Waals surface area (Å²) in [6.45, 7) is 9.31. The molecular weight excluding hydrogens is 369 g/mol. The SMILES string of the molecule is CCNC(=NCCCN1CCCCC1C)NCCNC(=O)Cc1cccc(F)c1. The van der Waals surface area contributed by atoms with Gasteiger partial charge in [-0.3, -0.25) is 9.79 Å². The molecule has 162 valence electrons. The number of guanidine groups is 1. The van der Waals surface area contributed by atoms with Gasteiger partial charge in [-0.25, -0.2) is 4.39 Å². The summed E-state index contributed by atoms with van der Waals surface area (Å²) in [4.78, 5) is 19.2. The second kappa shape index (κ2) is 13.1. The van der Waals surface area contributed by atoms with Crippen molar-refractivity contribution in [3.8, 4) is 0 Å². The third-order valence-electron chi connectivity index (χ3n) is 5.15. The molecule has 1 aliphatic rings. The van der Waals surface area contributed by atoms with E-state index in [9.17, 15) is 9.18 Å². The van der Waals surface area contributed by atoms with E-state index in [-0.39, 0.29) is 18.1 Å².